The summed E-state index contributed by atoms with van der Waals surface area (Å²) in [5.41, 5.74) is 1.76. The molecule has 0 radical (unpaired) electrons. The van der Waals surface area contributed by atoms with Gasteiger partial charge in [-0.1, -0.05) is 5.16 Å². The SMILES string of the molecule is Cc1noc(C)c1-c1nc(C(=O)N[C@@H](C)CO)cc(-c2ccc(OC(F)(F)F)cc2)n1. The number of carbonyl (C=O) groups excluding carboxylic acids is 1. The fourth-order valence-corrected chi connectivity index (χ4v) is 2.80. The minimum atomic E-state index is -4.80. The van der Waals surface area contributed by atoms with E-state index < -0.39 is 18.3 Å². The van der Waals surface area contributed by atoms with Crippen molar-refractivity contribution in [2.45, 2.75) is 33.2 Å². The van der Waals surface area contributed by atoms with Gasteiger partial charge in [0.1, 0.15) is 17.2 Å². The highest BCUT2D eigenvalue weighted by Gasteiger charge is 2.31. The average Bonchev–Trinajstić information content (AvgIpc) is 3.05. The molecule has 1 aromatic carbocycles. The Kier molecular flexibility index (Phi) is 6.25. The molecule has 0 fully saturated rings. The number of nitrogens with one attached hydrogen (secondary N) is 1. The normalized spacial score (nSPS) is 12.5. The first-order valence-corrected chi connectivity index (χ1v) is 9.17. The van der Waals surface area contributed by atoms with Crippen molar-refractivity contribution in [1.82, 2.24) is 20.4 Å². The molecular weight excluding hydrogens is 417 g/mol. The van der Waals surface area contributed by atoms with Gasteiger partial charge < -0.3 is 19.7 Å². The quantitative estimate of drug-likeness (QED) is 0.609. The standard InChI is InChI=1S/C20H19F3N4O4/c1-10(9-28)24-19(29)16-8-15(13-4-6-14(7-5-13)30-20(21,22)23)25-18(26-16)17-11(2)27-31-12(17)3/h4-8,10,28H,9H2,1-3H3,(H,24,29)/t10-/m0/s1. The Morgan fingerprint density at radius 3 is 2.45 bits per heavy atom. The molecule has 0 spiro atoms. The van der Waals surface area contributed by atoms with Crippen LogP contribution >= 0.6 is 0 Å². The Morgan fingerprint density at radius 1 is 1.23 bits per heavy atom. The van der Waals surface area contributed by atoms with Crippen LogP contribution in [0.25, 0.3) is 22.6 Å². The van der Waals surface area contributed by atoms with Gasteiger partial charge in [-0.3, -0.25) is 4.79 Å². The number of aromatic nitrogens is 3. The Balaban J connectivity index is 2.06. The zero-order valence-electron chi connectivity index (χ0n) is 16.8. The number of nitrogens with zero attached hydrogens (tertiary/aromatic N) is 3. The number of hydrogen-bond donors (Lipinski definition) is 2. The maximum absolute atomic E-state index is 12.6. The van der Waals surface area contributed by atoms with Gasteiger partial charge >= 0.3 is 6.36 Å². The number of amides is 1. The Hall–Kier alpha value is -3.47. The molecule has 0 aliphatic carbocycles. The molecule has 0 aliphatic heterocycles. The zero-order chi connectivity index (χ0) is 22.8. The summed E-state index contributed by atoms with van der Waals surface area (Å²) < 4.78 is 46.3. The fourth-order valence-electron chi connectivity index (χ4n) is 2.80. The van der Waals surface area contributed by atoms with Gasteiger partial charge in [-0.2, -0.15) is 0 Å². The van der Waals surface area contributed by atoms with Gasteiger partial charge in [0.2, 0.25) is 0 Å². The van der Waals surface area contributed by atoms with Gasteiger partial charge in [0, 0.05) is 11.6 Å². The van der Waals surface area contributed by atoms with Gasteiger partial charge in [-0.25, -0.2) is 9.97 Å². The molecule has 1 atom stereocenters. The van der Waals surface area contributed by atoms with E-state index in [-0.39, 0.29) is 23.9 Å². The van der Waals surface area contributed by atoms with E-state index in [4.69, 9.17) is 4.52 Å². The number of halogens is 3. The number of aryl methyl sites for hydroxylation is 2. The second kappa shape index (κ2) is 8.72. The van der Waals surface area contributed by atoms with Crippen LogP contribution in [-0.4, -0.2) is 45.1 Å². The van der Waals surface area contributed by atoms with Crippen molar-refractivity contribution in [3.63, 3.8) is 0 Å². The third kappa shape index (κ3) is 5.37. The molecular formula is C20H19F3N4O4. The van der Waals surface area contributed by atoms with Crippen LogP contribution in [0.15, 0.2) is 34.9 Å². The van der Waals surface area contributed by atoms with Crippen molar-refractivity contribution in [3.05, 3.63) is 47.5 Å². The predicted molar refractivity (Wildman–Crippen MR) is 103 cm³/mol. The first-order valence-electron chi connectivity index (χ1n) is 9.17. The van der Waals surface area contributed by atoms with Gasteiger partial charge in [-0.15, -0.1) is 13.2 Å². The highest BCUT2D eigenvalue weighted by Crippen LogP contribution is 2.29. The number of carbonyl (C=O) groups is 1. The highest BCUT2D eigenvalue weighted by atomic mass is 19.4. The monoisotopic (exact) mass is 436 g/mol. The van der Waals surface area contributed by atoms with Crippen LogP contribution in [0.4, 0.5) is 13.2 Å². The lowest BCUT2D eigenvalue weighted by Crippen LogP contribution is -2.35. The number of benzene rings is 1. The van der Waals surface area contributed by atoms with E-state index in [1.54, 1.807) is 20.8 Å². The summed E-state index contributed by atoms with van der Waals surface area (Å²) in [7, 11) is 0. The molecule has 1 amide bonds. The van der Waals surface area contributed by atoms with E-state index in [1.807, 2.05) is 0 Å². The first-order chi connectivity index (χ1) is 14.6. The van der Waals surface area contributed by atoms with E-state index in [2.05, 4.69) is 25.2 Å². The largest absolute Gasteiger partial charge is 0.573 e. The molecule has 0 saturated heterocycles. The van der Waals surface area contributed by atoms with Crippen molar-refractivity contribution in [3.8, 4) is 28.4 Å². The topological polar surface area (TPSA) is 110 Å². The lowest BCUT2D eigenvalue weighted by Gasteiger charge is -2.13. The maximum Gasteiger partial charge on any atom is 0.573 e. The molecule has 0 bridgehead atoms. The third-order valence-electron chi connectivity index (χ3n) is 4.25. The molecule has 2 heterocycles. The lowest BCUT2D eigenvalue weighted by atomic mass is 10.1. The molecule has 2 aromatic heterocycles. The number of ether oxygens (including phenoxy) is 1. The predicted octanol–water partition coefficient (Wildman–Crippen LogP) is 3.42. The first kappa shape index (κ1) is 22.2. The maximum atomic E-state index is 12.6. The number of hydrogen-bond acceptors (Lipinski definition) is 7. The lowest BCUT2D eigenvalue weighted by molar-refractivity contribution is -0.274. The molecule has 3 rings (SSSR count). The van der Waals surface area contributed by atoms with E-state index in [0.717, 1.165) is 12.1 Å². The minimum Gasteiger partial charge on any atom is -0.406 e. The Morgan fingerprint density at radius 2 is 1.90 bits per heavy atom. The van der Waals surface area contributed by atoms with Crippen LogP contribution in [0.1, 0.15) is 28.9 Å². The van der Waals surface area contributed by atoms with E-state index in [1.165, 1.54) is 18.2 Å². The van der Waals surface area contributed by atoms with Gasteiger partial charge in [0.25, 0.3) is 5.91 Å². The average molecular weight is 436 g/mol. The van der Waals surface area contributed by atoms with E-state index >= 15 is 0 Å². The minimum absolute atomic E-state index is 0.0101. The summed E-state index contributed by atoms with van der Waals surface area (Å²) >= 11 is 0. The van der Waals surface area contributed by atoms with Crippen molar-refractivity contribution in [2.24, 2.45) is 0 Å². The summed E-state index contributed by atoms with van der Waals surface area (Å²) in [4.78, 5) is 21.4. The van der Waals surface area contributed by atoms with Crippen molar-refractivity contribution in [2.75, 3.05) is 6.61 Å². The molecule has 0 aliphatic rings. The number of aliphatic hydroxyl groups is 1. The van der Waals surface area contributed by atoms with Crippen LogP contribution in [0.3, 0.4) is 0 Å². The highest BCUT2D eigenvalue weighted by molar-refractivity contribution is 5.94. The van der Waals surface area contributed by atoms with Crippen LogP contribution in [-0.2, 0) is 0 Å². The summed E-state index contributed by atoms with van der Waals surface area (Å²) in [6.07, 6.45) is -4.80. The molecule has 3 aromatic rings. The number of rotatable bonds is 6. The third-order valence-corrected chi connectivity index (χ3v) is 4.25. The van der Waals surface area contributed by atoms with E-state index in [0.29, 0.717) is 28.3 Å². The molecule has 0 unspecified atom stereocenters. The molecule has 31 heavy (non-hydrogen) atoms. The van der Waals surface area contributed by atoms with E-state index in [9.17, 15) is 23.1 Å². The van der Waals surface area contributed by atoms with Crippen LogP contribution in [0.5, 0.6) is 5.75 Å². The van der Waals surface area contributed by atoms with Crippen molar-refractivity contribution >= 4 is 5.91 Å². The summed E-state index contributed by atoms with van der Waals surface area (Å²) in [5.74, 6) is -0.314. The molecule has 164 valence electrons. The number of alkyl halides is 3. The Bertz CT molecular complexity index is 1060. The van der Waals surface area contributed by atoms with Crippen molar-refractivity contribution in [1.29, 1.82) is 0 Å². The van der Waals surface area contributed by atoms with Crippen LogP contribution < -0.4 is 10.1 Å². The summed E-state index contributed by atoms with van der Waals surface area (Å²) in [6.45, 7) is 4.72. The molecule has 11 heteroatoms. The fraction of sp³-hybridized carbons (Fsp3) is 0.300. The molecule has 8 nitrogen and oxygen atoms in total. The molecule has 2 N–H and O–H groups in total. The van der Waals surface area contributed by atoms with Gasteiger partial charge in [0.05, 0.1) is 23.6 Å². The zero-order valence-corrected chi connectivity index (χ0v) is 16.8. The summed E-state index contributed by atoms with van der Waals surface area (Å²) in [6, 6.07) is 5.97. The second-order valence-electron chi connectivity index (χ2n) is 6.79. The Labute approximate surface area is 175 Å². The molecule has 0 saturated carbocycles. The van der Waals surface area contributed by atoms with Gasteiger partial charge in [-0.05, 0) is 51.1 Å². The number of aliphatic hydroxyl groups excluding tert-OH is 1. The second-order valence-corrected chi connectivity index (χ2v) is 6.79. The van der Waals surface area contributed by atoms with Crippen LogP contribution in [0, 0.1) is 13.8 Å². The smallest absolute Gasteiger partial charge is 0.406 e. The van der Waals surface area contributed by atoms with Crippen LogP contribution in [0.2, 0.25) is 0 Å². The van der Waals surface area contributed by atoms with Crippen molar-refractivity contribution < 1.29 is 32.3 Å². The van der Waals surface area contributed by atoms with Gasteiger partial charge in [0.15, 0.2) is 5.82 Å². The summed E-state index contributed by atoms with van der Waals surface area (Å²) in [5, 5.41) is 15.7.